The van der Waals surface area contributed by atoms with Crippen molar-refractivity contribution in [2.45, 2.75) is 32.0 Å². The second kappa shape index (κ2) is 7.13. The summed E-state index contributed by atoms with van der Waals surface area (Å²) < 4.78 is 5.30. The van der Waals surface area contributed by atoms with Crippen molar-refractivity contribution in [2.75, 3.05) is 6.61 Å². The van der Waals surface area contributed by atoms with Gasteiger partial charge in [0.05, 0.1) is 12.4 Å². The van der Waals surface area contributed by atoms with Crippen LogP contribution in [0.4, 0.5) is 0 Å². The molecule has 0 saturated carbocycles. The molecule has 0 bridgehead atoms. The van der Waals surface area contributed by atoms with Gasteiger partial charge in [0.2, 0.25) is 0 Å². The van der Waals surface area contributed by atoms with Crippen molar-refractivity contribution >= 4 is 29.0 Å². The quantitative estimate of drug-likeness (QED) is 0.403. The molecular formula is C10H16Cl2O2. The highest BCUT2D eigenvalue weighted by atomic mass is 35.5. The summed E-state index contributed by atoms with van der Waals surface area (Å²) in [6, 6.07) is 0. The Morgan fingerprint density at radius 3 is 2.36 bits per heavy atom. The van der Waals surface area contributed by atoms with Gasteiger partial charge >= 0.3 is 0 Å². The number of ketones is 1. The Labute approximate surface area is 95.2 Å². The van der Waals surface area contributed by atoms with Crippen molar-refractivity contribution in [3.8, 4) is 0 Å². The van der Waals surface area contributed by atoms with E-state index in [2.05, 4.69) is 13.8 Å². The Kier molecular flexibility index (Phi) is 7.02. The van der Waals surface area contributed by atoms with Crippen molar-refractivity contribution in [1.29, 1.82) is 0 Å². The molecule has 0 atom stereocenters. The van der Waals surface area contributed by atoms with Gasteiger partial charge in [0.15, 0.2) is 10.6 Å². The van der Waals surface area contributed by atoms with Gasteiger partial charge in [-0.15, -0.1) is 0 Å². The number of hydrogen-bond acceptors (Lipinski definition) is 2. The highest BCUT2D eigenvalue weighted by Gasteiger charge is 2.11. The van der Waals surface area contributed by atoms with Crippen LogP contribution >= 0.6 is 23.2 Å². The molecule has 0 aromatic carbocycles. The van der Waals surface area contributed by atoms with Gasteiger partial charge in [-0.25, -0.2) is 0 Å². The Bertz CT molecular complexity index is 210. The predicted molar refractivity (Wildman–Crippen MR) is 59.7 cm³/mol. The number of halogens is 2. The van der Waals surface area contributed by atoms with Gasteiger partial charge in [0, 0.05) is 12.5 Å². The SMILES string of the molecule is CCO/C(=C/C(=O)C(Cl)Cl)CC(C)C. The summed E-state index contributed by atoms with van der Waals surface area (Å²) >= 11 is 10.8. The fourth-order valence-electron chi connectivity index (χ4n) is 0.969. The number of carbonyl (C=O) groups excluding carboxylic acids is 1. The Morgan fingerprint density at radius 2 is 2.00 bits per heavy atom. The van der Waals surface area contributed by atoms with E-state index in [0.717, 1.165) is 6.42 Å². The van der Waals surface area contributed by atoms with Crippen LogP contribution in [0.3, 0.4) is 0 Å². The highest BCUT2D eigenvalue weighted by Crippen LogP contribution is 2.14. The molecule has 0 rings (SSSR count). The lowest BCUT2D eigenvalue weighted by Gasteiger charge is -2.10. The number of ether oxygens (including phenoxy) is 1. The Morgan fingerprint density at radius 1 is 1.43 bits per heavy atom. The van der Waals surface area contributed by atoms with E-state index in [0.29, 0.717) is 18.3 Å². The van der Waals surface area contributed by atoms with E-state index in [1.54, 1.807) is 0 Å². The molecule has 0 N–H and O–H groups in total. The minimum absolute atomic E-state index is 0.322. The van der Waals surface area contributed by atoms with E-state index in [-0.39, 0.29) is 5.78 Å². The third kappa shape index (κ3) is 6.28. The Hall–Kier alpha value is -0.210. The Balaban J connectivity index is 4.38. The van der Waals surface area contributed by atoms with Crippen LogP contribution in [0.15, 0.2) is 11.8 Å². The molecule has 0 aliphatic rings. The molecular weight excluding hydrogens is 223 g/mol. The highest BCUT2D eigenvalue weighted by molar-refractivity contribution is 6.54. The van der Waals surface area contributed by atoms with E-state index >= 15 is 0 Å². The molecule has 0 heterocycles. The molecule has 4 heteroatoms. The monoisotopic (exact) mass is 238 g/mol. The molecule has 0 saturated heterocycles. The topological polar surface area (TPSA) is 26.3 Å². The van der Waals surface area contributed by atoms with Crippen LogP contribution in [0.25, 0.3) is 0 Å². The molecule has 82 valence electrons. The van der Waals surface area contributed by atoms with E-state index < -0.39 is 4.84 Å². The zero-order valence-corrected chi connectivity index (χ0v) is 10.2. The second-order valence-electron chi connectivity index (χ2n) is 3.34. The smallest absolute Gasteiger partial charge is 0.191 e. The minimum atomic E-state index is -1.00. The number of alkyl halides is 2. The van der Waals surface area contributed by atoms with E-state index in [1.165, 1.54) is 6.08 Å². The molecule has 14 heavy (non-hydrogen) atoms. The standard InChI is InChI=1S/C10H16Cl2O2/c1-4-14-8(5-7(2)3)6-9(13)10(11)12/h6-7,10H,4-5H2,1-3H3/b8-6+. The summed E-state index contributed by atoms with van der Waals surface area (Å²) in [6.07, 6.45) is 2.11. The molecule has 0 unspecified atom stereocenters. The first-order chi connectivity index (χ1) is 6.47. The largest absolute Gasteiger partial charge is 0.498 e. The van der Waals surface area contributed by atoms with Crippen molar-refractivity contribution in [3.63, 3.8) is 0 Å². The van der Waals surface area contributed by atoms with Gasteiger partial charge < -0.3 is 4.74 Å². The van der Waals surface area contributed by atoms with Crippen molar-refractivity contribution in [1.82, 2.24) is 0 Å². The summed E-state index contributed by atoms with van der Waals surface area (Å²) in [5.41, 5.74) is 0. The van der Waals surface area contributed by atoms with Gasteiger partial charge in [-0.3, -0.25) is 4.79 Å². The minimum Gasteiger partial charge on any atom is -0.498 e. The van der Waals surface area contributed by atoms with Crippen LogP contribution in [-0.2, 0) is 9.53 Å². The maximum Gasteiger partial charge on any atom is 0.191 e. The summed E-state index contributed by atoms with van der Waals surface area (Å²) in [5.74, 6) is 0.765. The summed E-state index contributed by atoms with van der Waals surface area (Å²) in [5, 5.41) is 0. The lowest BCUT2D eigenvalue weighted by molar-refractivity contribution is -0.113. The normalized spacial score (nSPS) is 12.4. The molecule has 0 fully saturated rings. The number of allylic oxidation sites excluding steroid dienone is 2. The first kappa shape index (κ1) is 13.8. The predicted octanol–water partition coefficient (Wildman–Crippen LogP) is 3.33. The van der Waals surface area contributed by atoms with Crippen molar-refractivity contribution < 1.29 is 9.53 Å². The third-order valence-electron chi connectivity index (χ3n) is 1.46. The molecule has 2 nitrogen and oxygen atoms in total. The van der Waals surface area contributed by atoms with Gasteiger partial charge in [0.1, 0.15) is 0 Å². The lowest BCUT2D eigenvalue weighted by atomic mass is 10.1. The maximum atomic E-state index is 11.2. The fourth-order valence-corrected chi connectivity index (χ4v) is 1.09. The van der Waals surface area contributed by atoms with Crippen LogP contribution in [0.5, 0.6) is 0 Å². The average molecular weight is 239 g/mol. The number of hydrogen-bond donors (Lipinski definition) is 0. The zero-order chi connectivity index (χ0) is 11.1. The molecule has 0 aliphatic carbocycles. The number of carbonyl (C=O) groups is 1. The third-order valence-corrected chi connectivity index (χ3v) is 1.89. The average Bonchev–Trinajstić information content (AvgIpc) is 2.02. The van der Waals surface area contributed by atoms with Crippen LogP contribution < -0.4 is 0 Å². The second-order valence-corrected chi connectivity index (χ2v) is 4.44. The number of rotatable bonds is 6. The van der Waals surface area contributed by atoms with Crippen LogP contribution in [0.2, 0.25) is 0 Å². The maximum absolute atomic E-state index is 11.2. The van der Waals surface area contributed by atoms with Gasteiger partial charge in [-0.05, 0) is 12.8 Å². The molecule has 0 aliphatic heterocycles. The van der Waals surface area contributed by atoms with E-state index in [9.17, 15) is 4.79 Å². The van der Waals surface area contributed by atoms with Crippen molar-refractivity contribution in [3.05, 3.63) is 11.8 Å². The zero-order valence-electron chi connectivity index (χ0n) is 8.72. The van der Waals surface area contributed by atoms with E-state index in [4.69, 9.17) is 27.9 Å². The fraction of sp³-hybridized carbons (Fsp3) is 0.700. The van der Waals surface area contributed by atoms with Gasteiger partial charge in [0.25, 0.3) is 0 Å². The summed E-state index contributed by atoms with van der Waals surface area (Å²) in [4.78, 5) is 10.2. The van der Waals surface area contributed by atoms with Gasteiger partial charge in [-0.2, -0.15) is 0 Å². The van der Waals surface area contributed by atoms with Crippen LogP contribution in [0.1, 0.15) is 27.2 Å². The summed E-state index contributed by atoms with van der Waals surface area (Å²) in [6.45, 7) is 6.52. The molecule has 0 amide bonds. The lowest BCUT2D eigenvalue weighted by Crippen LogP contribution is -2.07. The van der Waals surface area contributed by atoms with Gasteiger partial charge in [-0.1, -0.05) is 37.0 Å². The molecule has 0 aromatic rings. The first-order valence-electron chi connectivity index (χ1n) is 4.62. The summed E-state index contributed by atoms with van der Waals surface area (Å²) in [7, 11) is 0. The molecule has 0 radical (unpaired) electrons. The van der Waals surface area contributed by atoms with Crippen LogP contribution in [0, 0.1) is 5.92 Å². The molecule has 0 spiro atoms. The van der Waals surface area contributed by atoms with E-state index in [1.807, 2.05) is 6.92 Å². The first-order valence-corrected chi connectivity index (χ1v) is 5.50. The van der Waals surface area contributed by atoms with Crippen molar-refractivity contribution in [2.24, 2.45) is 5.92 Å². The van der Waals surface area contributed by atoms with Crippen LogP contribution in [-0.4, -0.2) is 17.2 Å². The molecule has 0 aromatic heterocycles.